The van der Waals surface area contributed by atoms with Crippen LogP contribution in [-0.4, -0.2) is 46.7 Å². The fraction of sp³-hybridized carbons (Fsp3) is 0.263. The number of rotatable bonds is 7. The highest BCUT2D eigenvalue weighted by atomic mass is 16.5. The van der Waals surface area contributed by atoms with Crippen LogP contribution in [0.1, 0.15) is 22.1 Å². The van der Waals surface area contributed by atoms with E-state index < -0.39 is 0 Å². The summed E-state index contributed by atoms with van der Waals surface area (Å²) in [5, 5.41) is 15.2. The Labute approximate surface area is 157 Å². The normalized spacial score (nSPS) is 11.8. The number of hydrogen-bond acceptors (Lipinski definition) is 6. The topological polar surface area (TPSA) is 91.2 Å². The van der Waals surface area contributed by atoms with Gasteiger partial charge in [0.15, 0.2) is 0 Å². The lowest BCUT2D eigenvalue weighted by Crippen LogP contribution is -2.32. The monoisotopic (exact) mass is 367 g/mol. The van der Waals surface area contributed by atoms with Gasteiger partial charge in [0.2, 0.25) is 5.88 Å². The SMILES string of the molecule is COC[C@@H](NC(=O)c1ccc(-c2ccc(OC)nn2)cc1)c1ccnn1C. The molecular formula is C19H21N5O3. The number of ether oxygens (including phenoxy) is 2. The first-order valence-electron chi connectivity index (χ1n) is 8.38. The zero-order valence-electron chi connectivity index (χ0n) is 15.4. The first-order chi connectivity index (χ1) is 13.1. The average molecular weight is 367 g/mol. The molecular weight excluding hydrogens is 346 g/mol. The van der Waals surface area contributed by atoms with Crippen LogP contribution in [0.2, 0.25) is 0 Å². The Bertz CT molecular complexity index is 890. The number of carbonyl (C=O) groups excluding carboxylic acids is 1. The van der Waals surface area contributed by atoms with Crippen molar-refractivity contribution in [3.05, 3.63) is 59.9 Å². The Kier molecular flexibility index (Phi) is 5.77. The summed E-state index contributed by atoms with van der Waals surface area (Å²) in [7, 11) is 4.97. The van der Waals surface area contributed by atoms with Crippen LogP contribution in [0.15, 0.2) is 48.7 Å². The standard InChI is InChI=1S/C19H21N5O3/c1-24-17(10-11-20-24)16(12-26-2)21-19(25)14-6-4-13(5-7-14)15-8-9-18(27-3)23-22-15/h4-11,16H,12H2,1-3H3,(H,21,25)/t16-/m1/s1. The number of methoxy groups -OCH3 is 2. The van der Waals surface area contributed by atoms with Crippen LogP contribution < -0.4 is 10.1 Å². The molecule has 3 aromatic rings. The smallest absolute Gasteiger partial charge is 0.251 e. The van der Waals surface area contributed by atoms with Gasteiger partial charge in [0.05, 0.1) is 31.1 Å². The Morgan fingerprint density at radius 1 is 1.11 bits per heavy atom. The van der Waals surface area contributed by atoms with Gasteiger partial charge in [-0.2, -0.15) is 5.10 Å². The van der Waals surface area contributed by atoms with Crippen molar-refractivity contribution in [1.82, 2.24) is 25.3 Å². The molecule has 0 aliphatic rings. The molecule has 0 unspecified atom stereocenters. The third kappa shape index (κ3) is 4.29. The lowest BCUT2D eigenvalue weighted by atomic mass is 10.1. The van der Waals surface area contributed by atoms with Crippen LogP contribution >= 0.6 is 0 Å². The van der Waals surface area contributed by atoms with Gasteiger partial charge in [-0.3, -0.25) is 9.48 Å². The minimum absolute atomic E-state index is 0.189. The van der Waals surface area contributed by atoms with Crippen molar-refractivity contribution in [2.45, 2.75) is 6.04 Å². The lowest BCUT2D eigenvalue weighted by Gasteiger charge is -2.18. The van der Waals surface area contributed by atoms with Crippen LogP contribution in [0.5, 0.6) is 5.88 Å². The average Bonchev–Trinajstić information content (AvgIpc) is 3.13. The molecule has 0 aliphatic heterocycles. The van der Waals surface area contributed by atoms with Crippen LogP contribution in [0.3, 0.4) is 0 Å². The molecule has 2 aromatic heterocycles. The molecule has 0 aliphatic carbocycles. The molecule has 8 heteroatoms. The van der Waals surface area contributed by atoms with E-state index in [4.69, 9.17) is 9.47 Å². The zero-order valence-corrected chi connectivity index (χ0v) is 15.4. The molecule has 1 N–H and O–H groups in total. The van der Waals surface area contributed by atoms with E-state index in [1.165, 1.54) is 0 Å². The Hall–Kier alpha value is -3.26. The number of hydrogen-bond donors (Lipinski definition) is 1. The van der Waals surface area contributed by atoms with Crippen LogP contribution in [0.25, 0.3) is 11.3 Å². The van der Waals surface area contributed by atoms with Crippen LogP contribution in [-0.2, 0) is 11.8 Å². The fourth-order valence-electron chi connectivity index (χ4n) is 2.71. The second kappa shape index (κ2) is 8.41. The Morgan fingerprint density at radius 3 is 2.44 bits per heavy atom. The summed E-state index contributed by atoms with van der Waals surface area (Å²) in [4.78, 5) is 12.6. The number of nitrogens with zero attached hydrogens (tertiary/aromatic N) is 4. The Morgan fingerprint density at radius 2 is 1.89 bits per heavy atom. The van der Waals surface area contributed by atoms with E-state index in [2.05, 4.69) is 20.6 Å². The van der Waals surface area contributed by atoms with E-state index in [-0.39, 0.29) is 11.9 Å². The maximum atomic E-state index is 12.6. The molecule has 0 saturated heterocycles. The number of aryl methyl sites for hydroxylation is 1. The maximum Gasteiger partial charge on any atom is 0.251 e. The van der Waals surface area contributed by atoms with Crippen molar-refractivity contribution in [1.29, 1.82) is 0 Å². The molecule has 2 heterocycles. The van der Waals surface area contributed by atoms with Crippen molar-refractivity contribution in [3.8, 4) is 17.1 Å². The van der Waals surface area contributed by atoms with Gasteiger partial charge in [-0.25, -0.2) is 0 Å². The quantitative estimate of drug-likeness (QED) is 0.687. The van der Waals surface area contributed by atoms with Crippen LogP contribution in [0, 0.1) is 0 Å². The van der Waals surface area contributed by atoms with Crippen molar-refractivity contribution in [2.75, 3.05) is 20.8 Å². The Balaban J connectivity index is 1.73. The van der Waals surface area contributed by atoms with E-state index in [1.54, 1.807) is 43.3 Å². The van der Waals surface area contributed by atoms with E-state index in [0.717, 1.165) is 11.3 Å². The summed E-state index contributed by atoms with van der Waals surface area (Å²) in [5.41, 5.74) is 2.98. The molecule has 1 aromatic carbocycles. The summed E-state index contributed by atoms with van der Waals surface area (Å²) in [6.07, 6.45) is 1.69. The number of benzene rings is 1. The summed E-state index contributed by atoms with van der Waals surface area (Å²) < 4.78 is 12.0. The molecule has 0 spiro atoms. The summed E-state index contributed by atoms with van der Waals surface area (Å²) in [6, 6.07) is 12.3. The van der Waals surface area contributed by atoms with Crippen LogP contribution in [0.4, 0.5) is 0 Å². The molecule has 0 saturated carbocycles. The highest BCUT2D eigenvalue weighted by Crippen LogP contribution is 2.19. The number of aromatic nitrogens is 4. The van der Waals surface area contributed by atoms with Gasteiger partial charge >= 0.3 is 0 Å². The van der Waals surface area contributed by atoms with E-state index in [1.807, 2.05) is 31.3 Å². The van der Waals surface area contributed by atoms with E-state index in [0.29, 0.717) is 23.7 Å². The van der Waals surface area contributed by atoms with Crippen molar-refractivity contribution in [3.63, 3.8) is 0 Å². The summed E-state index contributed by atoms with van der Waals surface area (Å²) in [5.74, 6) is 0.264. The molecule has 3 rings (SSSR count). The number of carbonyl (C=O) groups is 1. The zero-order chi connectivity index (χ0) is 19.2. The molecule has 1 amide bonds. The predicted octanol–water partition coefficient (Wildman–Crippen LogP) is 2.00. The van der Waals surface area contributed by atoms with Gasteiger partial charge in [-0.05, 0) is 24.3 Å². The number of amides is 1. The van der Waals surface area contributed by atoms with Gasteiger partial charge in [-0.15, -0.1) is 10.2 Å². The van der Waals surface area contributed by atoms with Gasteiger partial charge in [0.1, 0.15) is 0 Å². The molecule has 1 atom stereocenters. The minimum Gasteiger partial charge on any atom is -0.480 e. The molecule has 0 radical (unpaired) electrons. The third-order valence-corrected chi connectivity index (χ3v) is 4.15. The molecule has 0 fully saturated rings. The van der Waals surface area contributed by atoms with E-state index in [9.17, 15) is 4.79 Å². The van der Waals surface area contributed by atoms with Gasteiger partial charge in [0, 0.05) is 37.5 Å². The van der Waals surface area contributed by atoms with E-state index >= 15 is 0 Å². The maximum absolute atomic E-state index is 12.6. The number of nitrogens with one attached hydrogen (secondary N) is 1. The predicted molar refractivity (Wildman–Crippen MR) is 99.3 cm³/mol. The molecule has 140 valence electrons. The first-order valence-corrected chi connectivity index (χ1v) is 8.38. The van der Waals surface area contributed by atoms with Crippen molar-refractivity contribution < 1.29 is 14.3 Å². The van der Waals surface area contributed by atoms with Crippen molar-refractivity contribution in [2.24, 2.45) is 7.05 Å². The highest BCUT2D eigenvalue weighted by Gasteiger charge is 2.18. The fourth-order valence-corrected chi connectivity index (χ4v) is 2.71. The van der Waals surface area contributed by atoms with Crippen molar-refractivity contribution >= 4 is 5.91 Å². The molecule has 27 heavy (non-hydrogen) atoms. The first kappa shape index (κ1) is 18.5. The second-order valence-corrected chi connectivity index (χ2v) is 5.90. The highest BCUT2D eigenvalue weighted by molar-refractivity contribution is 5.94. The molecule has 8 nitrogen and oxygen atoms in total. The lowest BCUT2D eigenvalue weighted by molar-refractivity contribution is 0.0892. The van der Waals surface area contributed by atoms with Gasteiger partial charge in [0.25, 0.3) is 5.91 Å². The molecule has 0 bridgehead atoms. The largest absolute Gasteiger partial charge is 0.480 e. The second-order valence-electron chi connectivity index (χ2n) is 5.90. The summed E-state index contributed by atoms with van der Waals surface area (Å²) in [6.45, 7) is 0.352. The van der Waals surface area contributed by atoms with Gasteiger partial charge in [-0.1, -0.05) is 12.1 Å². The van der Waals surface area contributed by atoms with Gasteiger partial charge < -0.3 is 14.8 Å². The minimum atomic E-state index is -0.290. The summed E-state index contributed by atoms with van der Waals surface area (Å²) >= 11 is 0. The third-order valence-electron chi connectivity index (χ3n) is 4.15.